The summed E-state index contributed by atoms with van der Waals surface area (Å²) in [6, 6.07) is 7.88. The first-order chi connectivity index (χ1) is 30.1. The van der Waals surface area contributed by atoms with Gasteiger partial charge < -0.3 is 46.3 Å². The molecule has 336 valence electrons. The van der Waals surface area contributed by atoms with Crippen LogP contribution < -0.4 is 15.8 Å². The molecule has 1 aromatic heterocycles. The van der Waals surface area contributed by atoms with Crippen LogP contribution in [0.3, 0.4) is 0 Å². The van der Waals surface area contributed by atoms with Crippen molar-refractivity contribution in [3.8, 4) is 23.3 Å². The molecule has 3 heterocycles. The van der Waals surface area contributed by atoms with Gasteiger partial charge in [-0.1, -0.05) is 84.3 Å². The highest BCUT2D eigenvalue weighted by atomic mass is 33.1. The number of aromatic nitrogens is 1. The van der Waals surface area contributed by atoms with E-state index in [1.54, 1.807) is 21.6 Å². The maximum Gasteiger partial charge on any atom is 0.161 e. The summed E-state index contributed by atoms with van der Waals surface area (Å²) >= 11 is 0. The molecule has 0 amide bonds. The van der Waals surface area contributed by atoms with Crippen LogP contribution in [0.2, 0.25) is 0 Å². The summed E-state index contributed by atoms with van der Waals surface area (Å²) < 4.78 is 6.92. The molecule has 1 saturated heterocycles. The van der Waals surface area contributed by atoms with Gasteiger partial charge in [0.15, 0.2) is 11.5 Å². The SMILES string of the molecule is CC[C@@H]1Cc2cc(O)c(O[C@@H]3C[C@H](Cc4ccc[nH]4)C4=CCNC(N)=C4CSSC[C@H](CO)[C@H]3O)cc2[C@H]2C[C@@H](O)[C@@H]3[C@@H](O)[C@H]4CCC[C@@](CC)(C#C[C@H]3C=C12)C1(CCCC1)C4. The van der Waals surface area contributed by atoms with E-state index in [1.165, 1.54) is 31.3 Å². The van der Waals surface area contributed by atoms with Crippen LogP contribution >= 0.6 is 21.6 Å². The fourth-order valence-corrected chi connectivity index (χ4v) is 16.0. The fourth-order valence-electron chi connectivity index (χ4n) is 13.4. The zero-order valence-corrected chi connectivity index (χ0v) is 38.3. The number of benzene rings is 1. The maximum absolute atomic E-state index is 12.5. The minimum atomic E-state index is -1.02. The van der Waals surface area contributed by atoms with Crippen molar-refractivity contribution in [1.29, 1.82) is 0 Å². The molecule has 9 N–H and O–H groups in total. The number of aliphatic hydroxyl groups is 4. The average Bonchev–Trinajstić information content (AvgIpc) is 3.91. The monoisotopic (exact) mass is 883 g/mol. The summed E-state index contributed by atoms with van der Waals surface area (Å²) in [7, 11) is 3.29. The number of aromatic amines is 1. The van der Waals surface area contributed by atoms with Crippen LogP contribution in [-0.2, 0) is 12.8 Å². The number of rotatable bonds is 7. The lowest BCUT2D eigenvalue weighted by Crippen LogP contribution is -2.43. The average molecular weight is 884 g/mol. The Morgan fingerprint density at radius 1 is 1.02 bits per heavy atom. The van der Waals surface area contributed by atoms with Crippen molar-refractivity contribution < 1.29 is 30.3 Å². The van der Waals surface area contributed by atoms with Gasteiger partial charge in [-0.3, -0.25) is 0 Å². The van der Waals surface area contributed by atoms with Gasteiger partial charge >= 0.3 is 0 Å². The number of fused-ring (bicyclic) bond motifs is 6. The summed E-state index contributed by atoms with van der Waals surface area (Å²) in [5.41, 5.74) is 13.3. The Bertz CT molecular complexity index is 2080. The second-order valence-corrected chi connectivity index (χ2v) is 22.4. The van der Waals surface area contributed by atoms with Crippen molar-refractivity contribution in [3.05, 3.63) is 82.0 Å². The Kier molecular flexibility index (Phi) is 13.2. The van der Waals surface area contributed by atoms with Gasteiger partial charge in [0.2, 0.25) is 0 Å². The molecule has 12 atom stereocenters. The Labute approximate surface area is 376 Å². The van der Waals surface area contributed by atoms with Crippen LogP contribution in [0.4, 0.5) is 0 Å². The largest absolute Gasteiger partial charge is 0.504 e. The summed E-state index contributed by atoms with van der Waals surface area (Å²) in [5.74, 6) is 9.06. The van der Waals surface area contributed by atoms with Gasteiger partial charge in [-0.15, -0.1) is 0 Å². The number of dihydropyridines is 1. The minimum absolute atomic E-state index is 0.0243. The first-order valence-corrected chi connectivity index (χ1v) is 26.3. The molecule has 11 heteroatoms. The second-order valence-electron chi connectivity index (χ2n) is 19.9. The predicted molar refractivity (Wildman–Crippen MR) is 249 cm³/mol. The standard InChI is InChI=1S/C51H69N3O6S2/c1-3-30-19-33-22-42(56)44(60-45-23-34(20-36-10-8-17-53-36)37-12-18-54-49(52)41(37)29-62-61-28-35(27-55)47(45)58)25-39(33)40-24-43(57)46-31(21-38(30)40)11-16-50(4-2)15-7-9-32(48(46)59)26-51(50)13-5-6-14-51/h8,10,12,17,21-22,25,30-32,34-35,40,43,45-48,53-59H,3-7,9,13-15,18-20,23-24,26-29,52H2,1-2H3/t30-,31+,32+,34+,35+,40+,43-,45-,46-,47-,48+,50+/m1/s1. The first-order valence-electron chi connectivity index (χ1n) is 23.8. The Morgan fingerprint density at radius 2 is 1.85 bits per heavy atom. The third-order valence-electron chi connectivity index (χ3n) is 16.8. The van der Waals surface area contributed by atoms with Crippen molar-refractivity contribution in [2.75, 3.05) is 24.7 Å². The molecular weight excluding hydrogens is 815 g/mol. The summed E-state index contributed by atoms with van der Waals surface area (Å²) in [6.45, 7) is 4.96. The highest BCUT2D eigenvalue weighted by molar-refractivity contribution is 8.76. The number of H-pyrrole nitrogens is 1. The number of phenolic OH excluding ortho intramolecular Hbond substituents is 1. The maximum atomic E-state index is 12.5. The highest BCUT2D eigenvalue weighted by Crippen LogP contribution is 2.62. The van der Waals surface area contributed by atoms with E-state index in [-0.39, 0.29) is 58.7 Å². The van der Waals surface area contributed by atoms with Crippen LogP contribution in [0, 0.1) is 58.2 Å². The van der Waals surface area contributed by atoms with E-state index >= 15 is 0 Å². The van der Waals surface area contributed by atoms with Gasteiger partial charge in [-0.2, -0.15) is 0 Å². The molecule has 62 heavy (non-hydrogen) atoms. The molecule has 5 aliphatic carbocycles. The zero-order chi connectivity index (χ0) is 43.2. The Morgan fingerprint density at radius 3 is 2.61 bits per heavy atom. The molecule has 7 aliphatic rings. The fraction of sp³-hybridized carbons (Fsp3) is 0.647. The number of hydrogen-bond donors (Lipinski definition) is 8. The van der Waals surface area contributed by atoms with Gasteiger partial charge in [-0.25, -0.2) is 0 Å². The van der Waals surface area contributed by atoms with E-state index in [9.17, 15) is 25.5 Å². The Hall–Kier alpha value is -2.98. The number of nitrogens with one attached hydrogen (secondary N) is 2. The smallest absolute Gasteiger partial charge is 0.161 e. The van der Waals surface area contributed by atoms with Gasteiger partial charge in [0.05, 0.1) is 18.3 Å². The molecule has 9 rings (SSSR count). The van der Waals surface area contributed by atoms with Gasteiger partial charge in [0, 0.05) is 71.2 Å². The predicted octanol–water partition coefficient (Wildman–Crippen LogP) is 7.90. The van der Waals surface area contributed by atoms with Crippen molar-refractivity contribution in [2.45, 2.75) is 134 Å². The lowest BCUT2D eigenvalue weighted by Gasteiger charge is -2.46. The number of ether oxygens (including phenoxy) is 1. The van der Waals surface area contributed by atoms with Crippen molar-refractivity contribution >= 4 is 21.6 Å². The zero-order valence-electron chi connectivity index (χ0n) is 36.7. The number of phenols is 1. The van der Waals surface area contributed by atoms with Gasteiger partial charge in [-0.05, 0) is 135 Å². The number of aromatic hydroxyl groups is 1. The number of aliphatic hydroxyl groups excluding tert-OH is 4. The lowest BCUT2D eigenvalue weighted by molar-refractivity contribution is -0.0468. The molecule has 9 nitrogen and oxygen atoms in total. The van der Waals surface area contributed by atoms with Crippen LogP contribution in [0.5, 0.6) is 11.5 Å². The van der Waals surface area contributed by atoms with Crippen LogP contribution in [0.15, 0.2) is 65.2 Å². The summed E-state index contributed by atoms with van der Waals surface area (Å²) in [5, 5.41) is 63.0. The number of hydrogen-bond acceptors (Lipinski definition) is 10. The minimum Gasteiger partial charge on any atom is -0.504 e. The van der Waals surface area contributed by atoms with Gasteiger partial charge in [0.25, 0.3) is 0 Å². The molecule has 3 fully saturated rings. The third-order valence-corrected chi connectivity index (χ3v) is 19.2. The normalized spacial score (nSPS) is 36.8. The van der Waals surface area contributed by atoms with Crippen molar-refractivity contribution in [2.24, 2.45) is 52.1 Å². The molecule has 2 aromatic rings. The van der Waals surface area contributed by atoms with Crippen molar-refractivity contribution in [1.82, 2.24) is 10.3 Å². The summed E-state index contributed by atoms with van der Waals surface area (Å²) in [4.78, 5) is 3.38. The van der Waals surface area contributed by atoms with Crippen LogP contribution in [0.1, 0.15) is 114 Å². The molecule has 0 unspecified atom stereocenters. The molecule has 1 spiro atoms. The molecule has 2 bridgehead atoms. The van der Waals surface area contributed by atoms with E-state index in [4.69, 9.17) is 10.5 Å². The topological polar surface area (TPSA) is 164 Å². The van der Waals surface area contributed by atoms with Crippen LogP contribution in [0.25, 0.3) is 0 Å². The molecule has 2 saturated carbocycles. The number of nitrogens with two attached hydrogens (primary N) is 1. The van der Waals surface area contributed by atoms with E-state index in [0.717, 1.165) is 72.9 Å². The Balaban J connectivity index is 1.09. The van der Waals surface area contributed by atoms with E-state index in [2.05, 4.69) is 54.2 Å². The first kappa shape index (κ1) is 44.2. The molecule has 1 aromatic carbocycles. The van der Waals surface area contributed by atoms with E-state index < -0.39 is 30.3 Å². The van der Waals surface area contributed by atoms with E-state index in [1.807, 2.05) is 24.4 Å². The quantitative estimate of drug-likeness (QED) is 0.0780. The van der Waals surface area contributed by atoms with Crippen molar-refractivity contribution in [3.63, 3.8) is 0 Å². The molecule has 0 radical (unpaired) electrons. The molecular formula is C51H69N3O6S2. The molecule has 2 aliphatic heterocycles. The summed E-state index contributed by atoms with van der Waals surface area (Å²) in [6.07, 6.45) is 16.5. The van der Waals surface area contributed by atoms with E-state index in [0.29, 0.717) is 48.9 Å². The number of allylic oxidation sites excluding steroid dienone is 3. The highest BCUT2D eigenvalue weighted by Gasteiger charge is 2.55. The third kappa shape index (κ3) is 8.17. The van der Waals surface area contributed by atoms with Crippen LogP contribution in [-0.4, -0.2) is 79.6 Å². The lowest BCUT2D eigenvalue weighted by atomic mass is 9.57. The second kappa shape index (κ2) is 18.5. The van der Waals surface area contributed by atoms with Gasteiger partial charge in [0.1, 0.15) is 11.9 Å².